The van der Waals surface area contributed by atoms with Gasteiger partial charge in [0, 0.05) is 32.3 Å². The van der Waals surface area contributed by atoms with Crippen LogP contribution in [0.3, 0.4) is 0 Å². The van der Waals surface area contributed by atoms with Crippen LogP contribution in [0.15, 0.2) is 0 Å². The molecule has 6 heteroatoms. The average Bonchev–Trinajstić information content (AvgIpc) is 2.88. The Morgan fingerprint density at radius 2 is 2.37 bits per heavy atom. The monoisotopic (exact) mass is 292 g/mol. The lowest BCUT2D eigenvalue weighted by atomic mass is 10.2. The summed E-state index contributed by atoms with van der Waals surface area (Å²) in [5, 5.41) is 3.33. The summed E-state index contributed by atoms with van der Waals surface area (Å²) in [5.41, 5.74) is 0. The van der Waals surface area contributed by atoms with Gasteiger partial charge in [-0.3, -0.25) is 4.79 Å². The zero-order valence-corrected chi connectivity index (χ0v) is 12.6. The van der Waals surface area contributed by atoms with E-state index in [0.717, 1.165) is 39.1 Å². The number of ether oxygens (including phenoxy) is 2. The Hall–Kier alpha value is -0.360. The Balaban J connectivity index is 0.00000180. The van der Waals surface area contributed by atoms with Crippen molar-refractivity contribution in [3.63, 3.8) is 0 Å². The number of carbonyl (C=O) groups is 1. The van der Waals surface area contributed by atoms with Gasteiger partial charge in [-0.2, -0.15) is 0 Å². The van der Waals surface area contributed by atoms with Gasteiger partial charge in [0.25, 0.3) is 5.91 Å². The summed E-state index contributed by atoms with van der Waals surface area (Å²) in [6.45, 7) is 7.70. The van der Waals surface area contributed by atoms with Gasteiger partial charge in [-0.25, -0.2) is 0 Å². The number of carbonyl (C=O) groups excluding carboxylic acids is 1. The SMILES string of the molecule is CC1CN(C(=O)C(C)OCC2CCCO2)CCN1.Cl. The number of piperazine rings is 1. The molecule has 3 atom stereocenters. The van der Waals surface area contributed by atoms with Crippen LogP contribution in [-0.2, 0) is 14.3 Å². The topological polar surface area (TPSA) is 50.8 Å². The van der Waals surface area contributed by atoms with Crippen LogP contribution in [0.25, 0.3) is 0 Å². The van der Waals surface area contributed by atoms with Crippen LogP contribution in [-0.4, -0.2) is 61.9 Å². The third-order valence-corrected chi connectivity index (χ3v) is 3.58. The number of nitrogens with one attached hydrogen (secondary N) is 1. The highest BCUT2D eigenvalue weighted by Crippen LogP contribution is 2.13. The third-order valence-electron chi connectivity index (χ3n) is 3.58. The first-order valence-corrected chi connectivity index (χ1v) is 6.92. The number of hydrogen-bond acceptors (Lipinski definition) is 4. The lowest BCUT2D eigenvalue weighted by Gasteiger charge is -2.33. The standard InChI is InChI=1S/C13H24N2O3.ClH/c1-10-8-15(6-5-14-10)13(16)11(2)18-9-12-4-3-7-17-12;/h10-12,14H,3-9H2,1-2H3;1H. The first-order valence-electron chi connectivity index (χ1n) is 6.92. The van der Waals surface area contributed by atoms with Crippen LogP contribution in [0.2, 0.25) is 0 Å². The van der Waals surface area contributed by atoms with Gasteiger partial charge < -0.3 is 19.7 Å². The maximum Gasteiger partial charge on any atom is 0.251 e. The van der Waals surface area contributed by atoms with Gasteiger partial charge in [-0.1, -0.05) is 0 Å². The minimum Gasteiger partial charge on any atom is -0.376 e. The Kier molecular flexibility index (Phi) is 7.07. The molecule has 19 heavy (non-hydrogen) atoms. The molecule has 2 heterocycles. The van der Waals surface area contributed by atoms with Crippen LogP contribution in [0, 0.1) is 0 Å². The van der Waals surface area contributed by atoms with Gasteiger partial charge in [-0.05, 0) is 26.7 Å². The van der Waals surface area contributed by atoms with E-state index in [4.69, 9.17) is 9.47 Å². The average molecular weight is 293 g/mol. The molecule has 3 unspecified atom stereocenters. The maximum absolute atomic E-state index is 12.2. The lowest BCUT2D eigenvalue weighted by Crippen LogP contribution is -2.53. The summed E-state index contributed by atoms with van der Waals surface area (Å²) in [6.07, 6.45) is 1.97. The number of halogens is 1. The van der Waals surface area contributed by atoms with Gasteiger partial charge in [-0.15, -0.1) is 12.4 Å². The van der Waals surface area contributed by atoms with E-state index < -0.39 is 0 Å². The van der Waals surface area contributed by atoms with Crippen molar-refractivity contribution in [2.24, 2.45) is 0 Å². The van der Waals surface area contributed by atoms with Crippen LogP contribution >= 0.6 is 12.4 Å². The van der Waals surface area contributed by atoms with E-state index in [-0.39, 0.29) is 30.5 Å². The quantitative estimate of drug-likeness (QED) is 0.833. The number of hydrogen-bond donors (Lipinski definition) is 1. The Morgan fingerprint density at radius 1 is 1.58 bits per heavy atom. The predicted octanol–water partition coefficient (Wildman–Crippen LogP) is 0.813. The van der Waals surface area contributed by atoms with Crippen molar-refractivity contribution in [1.29, 1.82) is 0 Å². The molecule has 0 saturated carbocycles. The first-order chi connectivity index (χ1) is 8.66. The molecule has 1 N–H and O–H groups in total. The summed E-state index contributed by atoms with van der Waals surface area (Å²) in [7, 11) is 0. The molecule has 2 aliphatic heterocycles. The van der Waals surface area contributed by atoms with E-state index in [9.17, 15) is 4.79 Å². The highest BCUT2D eigenvalue weighted by molar-refractivity contribution is 5.85. The fourth-order valence-electron chi connectivity index (χ4n) is 2.49. The Bertz CT molecular complexity index is 285. The minimum atomic E-state index is -0.362. The molecule has 0 aromatic heterocycles. The number of nitrogens with zero attached hydrogens (tertiary/aromatic N) is 1. The number of rotatable bonds is 4. The molecule has 0 aromatic carbocycles. The maximum atomic E-state index is 12.2. The highest BCUT2D eigenvalue weighted by atomic mass is 35.5. The molecule has 2 rings (SSSR count). The van der Waals surface area contributed by atoms with Crippen LogP contribution < -0.4 is 5.32 Å². The van der Waals surface area contributed by atoms with Crippen molar-refractivity contribution in [2.45, 2.75) is 44.9 Å². The summed E-state index contributed by atoms with van der Waals surface area (Å²) in [6, 6.07) is 0.369. The Labute approximate surface area is 121 Å². The molecule has 0 aliphatic carbocycles. The molecule has 2 saturated heterocycles. The van der Waals surface area contributed by atoms with Crippen molar-refractivity contribution in [2.75, 3.05) is 32.8 Å². The van der Waals surface area contributed by atoms with Crippen LogP contribution in [0.1, 0.15) is 26.7 Å². The van der Waals surface area contributed by atoms with Gasteiger partial charge >= 0.3 is 0 Å². The zero-order chi connectivity index (χ0) is 13.0. The highest BCUT2D eigenvalue weighted by Gasteiger charge is 2.26. The van der Waals surface area contributed by atoms with Crippen LogP contribution in [0.4, 0.5) is 0 Å². The fraction of sp³-hybridized carbons (Fsp3) is 0.923. The van der Waals surface area contributed by atoms with E-state index in [1.165, 1.54) is 0 Å². The van der Waals surface area contributed by atoms with Crippen molar-refractivity contribution in [1.82, 2.24) is 10.2 Å². The van der Waals surface area contributed by atoms with Crippen molar-refractivity contribution in [3.8, 4) is 0 Å². The van der Waals surface area contributed by atoms with Gasteiger partial charge in [0.2, 0.25) is 0 Å². The predicted molar refractivity (Wildman–Crippen MR) is 75.7 cm³/mol. The number of amides is 1. The largest absolute Gasteiger partial charge is 0.376 e. The molecule has 0 aromatic rings. The fourth-order valence-corrected chi connectivity index (χ4v) is 2.49. The molecular formula is C13H25ClN2O3. The van der Waals surface area contributed by atoms with E-state index in [1.54, 1.807) is 0 Å². The molecule has 0 radical (unpaired) electrons. The van der Waals surface area contributed by atoms with E-state index in [1.807, 2.05) is 11.8 Å². The molecule has 0 spiro atoms. The van der Waals surface area contributed by atoms with Crippen molar-refractivity contribution >= 4 is 18.3 Å². The second-order valence-electron chi connectivity index (χ2n) is 5.25. The summed E-state index contributed by atoms with van der Waals surface area (Å²) in [5.74, 6) is 0.0985. The smallest absolute Gasteiger partial charge is 0.251 e. The molecular weight excluding hydrogens is 268 g/mol. The Morgan fingerprint density at radius 3 is 3.00 bits per heavy atom. The van der Waals surface area contributed by atoms with E-state index in [2.05, 4.69) is 12.2 Å². The summed E-state index contributed by atoms with van der Waals surface area (Å²) >= 11 is 0. The van der Waals surface area contributed by atoms with E-state index in [0.29, 0.717) is 12.6 Å². The summed E-state index contributed by atoms with van der Waals surface area (Å²) in [4.78, 5) is 14.1. The van der Waals surface area contributed by atoms with E-state index >= 15 is 0 Å². The molecule has 1 amide bonds. The molecule has 2 aliphatic rings. The molecule has 2 fully saturated rings. The van der Waals surface area contributed by atoms with Gasteiger partial charge in [0.05, 0.1) is 12.7 Å². The molecule has 0 bridgehead atoms. The first kappa shape index (κ1) is 16.7. The van der Waals surface area contributed by atoms with Crippen LogP contribution in [0.5, 0.6) is 0 Å². The third kappa shape index (κ3) is 4.91. The molecule has 112 valence electrons. The second-order valence-corrected chi connectivity index (χ2v) is 5.25. The lowest BCUT2D eigenvalue weighted by molar-refractivity contribution is -0.145. The van der Waals surface area contributed by atoms with Crippen molar-refractivity contribution in [3.05, 3.63) is 0 Å². The molecule has 5 nitrogen and oxygen atoms in total. The normalized spacial score (nSPS) is 28.8. The van der Waals surface area contributed by atoms with Gasteiger partial charge in [0.15, 0.2) is 0 Å². The zero-order valence-electron chi connectivity index (χ0n) is 11.8. The van der Waals surface area contributed by atoms with Gasteiger partial charge in [0.1, 0.15) is 6.10 Å². The summed E-state index contributed by atoms with van der Waals surface area (Å²) < 4.78 is 11.1. The van der Waals surface area contributed by atoms with Crippen molar-refractivity contribution < 1.29 is 14.3 Å². The second kappa shape index (κ2) is 8.04. The minimum absolute atomic E-state index is 0.